The van der Waals surface area contributed by atoms with E-state index >= 15 is 0 Å². The summed E-state index contributed by atoms with van der Waals surface area (Å²) < 4.78 is 11.9. The SMILES string of the molecule is COc1cc(-c2n[nH]c(C)c2Br)c(OC)c(C)c1C. The van der Waals surface area contributed by atoms with E-state index in [4.69, 9.17) is 9.47 Å². The Morgan fingerprint density at radius 2 is 1.79 bits per heavy atom. The summed E-state index contributed by atoms with van der Waals surface area (Å²) in [6, 6.07) is 1.96. The highest BCUT2D eigenvalue weighted by atomic mass is 79.9. The zero-order chi connectivity index (χ0) is 14.2. The van der Waals surface area contributed by atoms with Crippen LogP contribution in [0.4, 0.5) is 0 Å². The maximum absolute atomic E-state index is 5.54. The summed E-state index contributed by atoms with van der Waals surface area (Å²) in [4.78, 5) is 0. The molecule has 1 N–H and O–H groups in total. The third kappa shape index (κ3) is 2.23. The minimum absolute atomic E-state index is 0.825. The molecule has 2 rings (SSSR count). The summed E-state index contributed by atoms with van der Waals surface area (Å²) in [5.41, 5.74) is 4.86. The number of ether oxygens (including phenoxy) is 2. The Bertz CT molecular complexity index is 620. The van der Waals surface area contributed by atoms with E-state index in [1.807, 2.05) is 26.8 Å². The lowest BCUT2D eigenvalue weighted by Gasteiger charge is -2.16. The van der Waals surface area contributed by atoms with Gasteiger partial charge in [0.25, 0.3) is 0 Å². The Morgan fingerprint density at radius 1 is 1.11 bits per heavy atom. The van der Waals surface area contributed by atoms with Gasteiger partial charge in [-0.3, -0.25) is 5.10 Å². The maximum Gasteiger partial charge on any atom is 0.131 e. The van der Waals surface area contributed by atoms with Gasteiger partial charge in [0, 0.05) is 11.3 Å². The monoisotopic (exact) mass is 324 g/mol. The smallest absolute Gasteiger partial charge is 0.131 e. The fourth-order valence-electron chi connectivity index (χ4n) is 2.11. The van der Waals surface area contributed by atoms with Crippen LogP contribution in [0.3, 0.4) is 0 Å². The molecule has 0 saturated heterocycles. The van der Waals surface area contributed by atoms with Crippen molar-refractivity contribution in [2.75, 3.05) is 14.2 Å². The van der Waals surface area contributed by atoms with Gasteiger partial charge in [0.1, 0.15) is 17.2 Å². The van der Waals surface area contributed by atoms with Crippen LogP contribution in [0.25, 0.3) is 11.3 Å². The molecular weight excluding hydrogens is 308 g/mol. The van der Waals surface area contributed by atoms with Crippen molar-refractivity contribution in [3.63, 3.8) is 0 Å². The molecule has 0 fully saturated rings. The first kappa shape index (κ1) is 13.9. The summed E-state index contributed by atoms with van der Waals surface area (Å²) in [5, 5.41) is 7.30. The number of nitrogens with one attached hydrogen (secondary N) is 1. The molecule has 1 heterocycles. The molecule has 5 heteroatoms. The van der Waals surface area contributed by atoms with E-state index in [0.29, 0.717) is 0 Å². The Kier molecular flexibility index (Phi) is 3.85. The first-order valence-corrected chi connectivity index (χ1v) is 6.73. The minimum atomic E-state index is 0.825. The van der Waals surface area contributed by atoms with Crippen molar-refractivity contribution < 1.29 is 9.47 Å². The number of methoxy groups -OCH3 is 2. The zero-order valence-corrected chi connectivity index (χ0v) is 13.3. The van der Waals surface area contributed by atoms with Crippen LogP contribution in [0.15, 0.2) is 10.5 Å². The van der Waals surface area contributed by atoms with Crippen molar-refractivity contribution in [2.45, 2.75) is 20.8 Å². The number of hydrogen-bond donors (Lipinski definition) is 1. The molecule has 0 bridgehead atoms. The molecule has 0 unspecified atom stereocenters. The van der Waals surface area contributed by atoms with Crippen LogP contribution < -0.4 is 9.47 Å². The van der Waals surface area contributed by atoms with Crippen LogP contribution in [-0.4, -0.2) is 24.4 Å². The van der Waals surface area contributed by atoms with Gasteiger partial charge in [0.05, 0.1) is 18.7 Å². The van der Waals surface area contributed by atoms with Gasteiger partial charge >= 0.3 is 0 Å². The number of H-pyrrole nitrogens is 1. The second-order valence-corrected chi connectivity index (χ2v) is 5.21. The number of rotatable bonds is 3. The maximum atomic E-state index is 5.54. The highest BCUT2D eigenvalue weighted by Gasteiger charge is 2.19. The number of aromatic amines is 1. The summed E-state index contributed by atoms with van der Waals surface area (Å²) in [6.45, 7) is 6.00. The van der Waals surface area contributed by atoms with E-state index < -0.39 is 0 Å². The summed E-state index contributed by atoms with van der Waals surface area (Å²) in [7, 11) is 3.34. The number of halogens is 1. The average molecular weight is 325 g/mol. The van der Waals surface area contributed by atoms with Gasteiger partial charge in [-0.05, 0) is 53.9 Å². The fourth-order valence-corrected chi connectivity index (χ4v) is 2.50. The molecule has 2 aromatic rings. The number of aryl methyl sites for hydroxylation is 1. The van der Waals surface area contributed by atoms with Crippen molar-refractivity contribution in [2.24, 2.45) is 0 Å². The first-order chi connectivity index (χ1) is 9.01. The van der Waals surface area contributed by atoms with Gasteiger partial charge in [-0.1, -0.05) is 0 Å². The van der Waals surface area contributed by atoms with Crippen molar-refractivity contribution in [3.8, 4) is 22.8 Å². The van der Waals surface area contributed by atoms with Crippen molar-refractivity contribution in [1.29, 1.82) is 0 Å². The van der Waals surface area contributed by atoms with Gasteiger partial charge in [-0.2, -0.15) is 5.10 Å². The van der Waals surface area contributed by atoms with E-state index in [9.17, 15) is 0 Å². The molecule has 0 radical (unpaired) electrons. The van der Waals surface area contributed by atoms with Crippen LogP contribution in [-0.2, 0) is 0 Å². The van der Waals surface area contributed by atoms with Crippen LogP contribution in [0.1, 0.15) is 16.8 Å². The van der Waals surface area contributed by atoms with E-state index in [1.165, 1.54) is 0 Å². The lowest BCUT2D eigenvalue weighted by molar-refractivity contribution is 0.399. The molecule has 0 aliphatic rings. The quantitative estimate of drug-likeness (QED) is 0.934. The normalized spacial score (nSPS) is 10.6. The Hall–Kier alpha value is -1.49. The fraction of sp³-hybridized carbons (Fsp3) is 0.357. The molecule has 0 aliphatic heterocycles. The highest BCUT2D eigenvalue weighted by Crippen LogP contribution is 2.41. The Balaban J connectivity index is 2.75. The molecule has 0 atom stereocenters. The van der Waals surface area contributed by atoms with Gasteiger partial charge in [0.2, 0.25) is 0 Å². The van der Waals surface area contributed by atoms with E-state index in [2.05, 4.69) is 26.1 Å². The third-order valence-corrected chi connectivity index (χ3v) is 4.31. The van der Waals surface area contributed by atoms with Gasteiger partial charge < -0.3 is 9.47 Å². The number of nitrogens with zero attached hydrogens (tertiary/aromatic N) is 1. The van der Waals surface area contributed by atoms with Crippen molar-refractivity contribution >= 4 is 15.9 Å². The highest BCUT2D eigenvalue weighted by molar-refractivity contribution is 9.10. The Labute approximate surface area is 121 Å². The molecule has 1 aromatic carbocycles. The molecule has 1 aromatic heterocycles. The summed E-state index contributed by atoms with van der Waals surface area (Å²) in [6.07, 6.45) is 0. The Morgan fingerprint density at radius 3 is 2.26 bits per heavy atom. The first-order valence-electron chi connectivity index (χ1n) is 5.94. The predicted molar refractivity (Wildman–Crippen MR) is 79.0 cm³/mol. The van der Waals surface area contributed by atoms with Gasteiger partial charge in [-0.15, -0.1) is 0 Å². The van der Waals surface area contributed by atoms with Crippen LogP contribution in [0, 0.1) is 20.8 Å². The molecule has 19 heavy (non-hydrogen) atoms. The summed E-state index contributed by atoms with van der Waals surface area (Å²) >= 11 is 3.55. The molecule has 0 saturated carbocycles. The topological polar surface area (TPSA) is 47.1 Å². The largest absolute Gasteiger partial charge is 0.496 e. The number of benzene rings is 1. The standard InChI is InChI=1S/C14H17BrN2O2/c1-7-8(2)14(19-5)10(6-11(7)18-4)13-12(15)9(3)16-17-13/h6H,1-5H3,(H,16,17). The lowest BCUT2D eigenvalue weighted by atomic mass is 10.0. The molecule has 0 amide bonds. The minimum Gasteiger partial charge on any atom is -0.496 e. The second kappa shape index (κ2) is 5.25. The third-order valence-electron chi connectivity index (χ3n) is 3.34. The predicted octanol–water partition coefficient (Wildman–Crippen LogP) is 3.78. The van der Waals surface area contributed by atoms with Crippen LogP contribution >= 0.6 is 15.9 Å². The molecule has 4 nitrogen and oxygen atoms in total. The van der Waals surface area contributed by atoms with Crippen molar-refractivity contribution in [3.05, 3.63) is 27.4 Å². The average Bonchev–Trinajstić information content (AvgIpc) is 2.73. The van der Waals surface area contributed by atoms with Gasteiger partial charge in [0.15, 0.2) is 0 Å². The molecule has 0 spiro atoms. The lowest BCUT2D eigenvalue weighted by Crippen LogP contribution is -1.98. The zero-order valence-electron chi connectivity index (χ0n) is 11.7. The van der Waals surface area contributed by atoms with E-state index in [-0.39, 0.29) is 0 Å². The molecular formula is C14H17BrN2O2. The van der Waals surface area contributed by atoms with Gasteiger partial charge in [-0.25, -0.2) is 0 Å². The van der Waals surface area contributed by atoms with Crippen LogP contribution in [0.5, 0.6) is 11.5 Å². The summed E-state index contributed by atoms with van der Waals surface area (Å²) in [5.74, 6) is 1.66. The second-order valence-electron chi connectivity index (χ2n) is 4.42. The van der Waals surface area contributed by atoms with Crippen LogP contribution in [0.2, 0.25) is 0 Å². The van der Waals surface area contributed by atoms with E-state index in [1.54, 1.807) is 14.2 Å². The number of hydrogen-bond acceptors (Lipinski definition) is 3. The molecule has 102 valence electrons. The van der Waals surface area contributed by atoms with E-state index in [0.717, 1.165) is 44.0 Å². The van der Waals surface area contributed by atoms with Crippen molar-refractivity contribution in [1.82, 2.24) is 10.2 Å². The molecule has 0 aliphatic carbocycles. The number of aromatic nitrogens is 2.